The number of hydrogen-bond donors (Lipinski definition) is 0. The maximum atomic E-state index is 5.25. The van der Waals surface area contributed by atoms with E-state index in [0.717, 1.165) is 43.8 Å². The predicted molar refractivity (Wildman–Crippen MR) is 208 cm³/mol. The average molecular weight is 643 g/mol. The van der Waals surface area contributed by atoms with Crippen LogP contribution >= 0.6 is 11.3 Å². The molecule has 0 atom stereocenters. The molecule has 0 saturated heterocycles. The number of aromatic nitrogens is 2. The van der Waals surface area contributed by atoms with E-state index in [9.17, 15) is 0 Å². The summed E-state index contributed by atoms with van der Waals surface area (Å²) in [6.45, 7) is 0. The minimum Gasteiger partial charge on any atom is -0.226 e. The normalized spacial score (nSPS) is 11.3. The zero-order valence-corrected chi connectivity index (χ0v) is 27.4. The van der Waals surface area contributed by atoms with E-state index in [1.165, 1.54) is 43.6 Å². The summed E-state index contributed by atoms with van der Waals surface area (Å²) in [5, 5.41) is 1.16. The first-order valence-corrected chi connectivity index (χ1v) is 17.3. The highest BCUT2D eigenvalue weighted by atomic mass is 32.1. The smallest absolute Gasteiger partial charge is 0.160 e. The van der Waals surface area contributed by atoms with E-state index in [1.54, 1.807) is 11.3 Å². The van der Waals surface area contributed by atoms with Crippen molar-refractivity contribution in [1.29, 1.82) is 0 Å². The molecule has 2 heterocycles. The second-order valence-electron chi connectivity index (χ2n) is 12.2. The molecule has 0 saturated carbocycles. The van der Waals surface area contributed by atoms with Gasteiger partial charge in [-0.3, -0.25) is 0 Å². The molecule has 0 N–H and O–H groups in total. The van der Waals surface area contributed by atoms with Gasteiger partial charge in [0.2, 0.25) is 0 Å². The first-order chi connectivity index (χ1) is 24.3. The van der Waals surface area contributed by atoms with Gasteiger partial charge >= 0.3 is 0 Å². The summed E-state index contributed by atoms with van der Waals surface area (Å²) in [6.07, 6.45) is 0. The SMILES string of the molecule is c1ccc(-c2cccc(-c3ccc(-c4nc(-c5ccc(-c6cccc(-c7ccccc7)c6)cc5)c5sc6ccccc6c5n4)cc3)c2)cc1. The number of benzene rings is 7. The molecule has 0 bridgehead atoms. The molecule has 0 radical (unpaired) electrons. The molecule has 0 aliphatic rings. The van der Waals surface area contributed by atoms with Gasteiger partial charge in [-0.2, -0.15) is 0 Å². The Morgan fingerprint density at radius 3 is 1.31 bits per heavy atom. The number of nitrogens with zero attached hydrogens (tertiary/aromatic N) is 2. The fourth-order valence-corrected chi connectivity index (χ4v) is 7.72. The van der Waals surface area contributed by atoms with Gasteiger partial charge in [-0.1, -0.05) is 164 Å². The van der Waals surface area contributed by atoms with Gasteiger partial charge in [0.05, 0.1) is 15.9 Å². The van der Waals surface area contributed by atoms with Crippen molar-refractivity contribution in [3.05, 3.63) is 182 Å². The molecule has 0 aliphatic heterocycles. The van der Waals surface area contributed by atoms with E-state index in [2.05, 4.69) is 182 Å². The van der Waals surface area contributed by atoms with Crippen molar-refractivity contribution in [1.82, 2.24) is 9.97 Å². The van der Waals surface area contributed by atoms with E-state index in [4.69, 9.17) is 9.97 Å². The number of thiophene rings is 1. The monoisotopic (exact) mass is 642 g/mol. The van der Waals surface area contributed by atoms with Crippen LogP contribution in [0.3, 0.4) is 0 Å². The van der Waals surface area contributed by atoms with Crippen molar-refractivity contribution in [2.75, 3.05) is 0 Å². The van der Waals surface area contributed by atoms with Crippen LogP contribution in [0.25, 0.3) is 87.5 Å². The lowest BCUT2D eigenvalue weighted by molar-refractivity contribution is 1.24. The number of rotatable bonds is 6. The zero-order valence-electron chi connectivity index (χ0n) is 26.6. The molecule has 230 valence electrons. The standard InChI is InChI=1S/C46H30N2S/c1-3-11-31(12-4-1)37-15-9-17-39(29-37)33-21-25-35(26-22-33)43-45-44(41-19-7-8-20-42(41)49-45)48-46(47-43)36-27-23-34(24-28-36)40-18-10-16-38(30-40)32-13-5-2-6-14-32/h1-30H. The molecular formula is C46H30N2S. The van der Waals surface area contributed by atoms with E-state index >= 15 is 0 Å². The van der Waals surface area contributed by atoms with Gasteiger partial charge in [0.25, 0.3) is 0 Å². The van der Waals surface area contributed by atoms with Crippen LogP contribution in [0, 0.1) is 0 Å². The molecule has 0 fully saturated rings. The summed E-state index contributed by atoms with van der Waals surface area (Å²) in [6, 6.07) is 64.5. The Labute approximate surface area is 289 Å². The Balaban J connectivity index is 1.10. The fraction of sp³-hybridized carbons (Fsp3) is 0. The molecule has 9 aromatic rings. The van der Waals surface area contributed by atoms with Gasteiger partial charge in [-0.05, 0) is 62.7 Å². The first kappa shape index (κ1) is 29.0. The Bertz CT molecular complexity index is 2570. The minimum absolute atomic E-state index is 0.732. The molecule has 2 nitrogen and oxygen atoms in total. The van der Waals surface area contributed by atoms with Gasteiger partial charge in [0, 0.05) is 21.2 Å². The third-order valence-electron chi connectivity index (χ3n) is 9.13. The molecule has 9 rings (SSSR count). The molecule has 0 unspecified atom stereocenters. The molecular weight excluding hydrogens is 613 g/mol. The maximum Gasteiger partial charge on any atom is 0.160 e. The van der Waals surface area contributed by atoms with Crippen molar-refractivity contribution >= 4 is 31.6 Å². The molecule has 0 aliphatic carbocycles. The summed E-state index contributed by atoms with van der Waals surface area (Å²) in [5.74, 6) is 0.732. The van der Waals surface area contributed by atoms with Crippen molar-refractivity contribution in [3.8, 4) is 67.2 Å². The van der Waals surface area contributed by atoms with Crippen LogP contribution in [-0.2, 0) is 0 Å². The highest BCUT2D eigenvalue weighted by molar-refractivity contribution is 7.26. The highest BCUT2D eigenvalue weighted by Crippen LogP contribution is 2.40. The van der Waals surface area contributed by atoms with Crippen molar-refractivity contribution in [2.45, 2.75) is 0 Å². The summed E-state index contributed by atoms with van der Waals surface area (Å²) < 4.78 is 2.33. The predicted octanol–water partition coefficient (Wildman–Crippen LogP) is 12.8. The van der Waals surface area contributed by atoms with Gasteiger partial charge < -0.3 is 0 Å². The number of hydrogen-bond acceptors (Lipinski definition) is 3. The number of fused-ring (bicyclic) bond motifs is 3. The largest absolute Gasteiger partial charge is 0.226 e. The van der Waals surface area contributed by atoms with Crippen LogP contribution in [0.2, 0.25) is 0 Å². The van der Waals surface area contributed by atoms with Gasteiger partial charge in [0.15, 0.2) is 5.82 Å². The Morgan fingerprint density at radius 1 is 0.327 bits per heavy atom. The van der Waals surface area contributed by atoms with Crippen LogP contribution in [0.1, 0.15) is 0 Å². The molecule has 2 aromatic heterocycles. The van der Waals surface area contributed by atoms with Gasteiger partial charge in [0.1, 0.15) is 0 Å². The second-order valence-corrected chi connectivity index (χ2v) is 13.3. The quantitative estimate of drug-likeness (QED) is 0.180. The molecule has 0 amide bonds. The van der Waals surface area contributed by atoms with E-state index in [-0.39, 0.29) is 0 Å². The Hall–Kier alpha value is -6.16. The summed E-state index contributed by atoms with van der Waals surface area (Å²) in [5.41, 5.74) is 13.6. The van der Waals surface area contributed by atoms with Crippen LogP contribution in [-0.4, -0.2) is 9.97 Å². The average Bonchev–Trinajstić information content (AvgIpc) is 3.57. The lowest BCUT2D eigenvalue weighted by Crippen LogP contribution is -1.94. The molecule has 49 heavy (non-hydrogen) atoms. The Morgan fingerprint density at radius 2 is 0.755 bits per heavy atom. The van der Waals surface area contributed by atoms with E-state index in [1.807, 2.05) is 0 Å². The lowest BCUT2D eigenvalue weighted by atomic mass is 9.98. The van der Waals surface area contributed by atoms with Gasteiger partial charge in [-0.15, -0.1) is 11.3 Å². The third-order valence-corrected chi connectivity index (χ3v) is 10.3. The van der Waals surface area contributed by atoms with Crippen molar-refractivity contribution in [3.63, 3.8) is 0 Å². The van der Waals surface area contributed by atoms with Crippen LogP contribution in [0.15, 0.2) is 182 Å². The fourth-order valence-electron chi connectivity index (χ4n) is 6.57. The van der Waals surface area contributed by atoms with Gasteiger partial charge in [-0.25, -0.2) is 9.97 Å². The topological polar surface area (TPSA) is 25.8 Å². The minimum atomic E-state index is 0.732. The molecule has 7 aromatic carbocycles. The summed E-state index contributed by atoms with van der Waals surface area (Å²) in [4.78, 5) is 10.4. The molecule has 0 spiro atoms. The van der Waals surface area contributed by atoms with Crippen LogP contribution in [0.5, 0.6) is 0 Å². The van der Waals surface area contributed by atoms with Crippen LogP contribution in [0.4, 0.5) is 0 Å². The first-order valence-electron chi connectivity index (χ1n) is 16.5. The van der Waals surface area contributed by atoms with E-state index < -0.39 is 0 Å². The Kier molecular flexibility index (Phi) is 7.38. The van der Waals surface area contributed by atoms with Crippen molar-refractivity contribution in [2.24, 2.45) is 0 Å². The van der Waals surface area contributed by atoms with Crippen LogP contribution < -0.4 is 0 Å². The lowest BCUT2D eigenvalue weighted by Gasteiger charge is -2.10. The maximum absolute atomic E-state index is 5.25. The molecule has 3 heteroatoms. The summed E-state index contributed by atoms with van der Waals surface area (Å²) >= 11 is 1.76. The third kappa shape index (κ3) is 5.61. The van der Waals surface area contributed by atoms with Crippen molar-refractivity contribution < 1.29 is 0 Å². The van der Waals surface area contributed by atoms with E-state index in [0.29, 0.717) is 0 Å². The highest BCUT2D eigenvalue weighted by Gasteiger charge is 2.17. The summed E-state index contributed by atoms with van der Waals surface area (Å²) in [7, 11) is 0. The second kappa shape index (κ2) is 12.5. The zero-order chi connectivity index (χ0) is 32.6.